The molecule has 0 aliphatic carbocycles. The number of carbonyl (C=O) groups is 1. The third-order valence-electron chi connectivity index (χ3n) is 2.39. The summed E-state index contributed by atoms with van der Waals surface area (Å²) in [6.45, 7) is 4.55. The minimum Gasteiger partial charge on any atom is -0.466 e. The lowest BCUT2D eigenvalue weighted by Gasteiger charge is -2.07. The molecular formula is C15H28O8. The fourth-order valence-corrected chi connectivity index (χ4v) is 1.31. The molecule has 0 atom stereocenters. The molecule has 0 aromatic carbocycles. The van der Waals surface area contributed by atoms with Crippen molar-refractivity contribution >= 4 is 5.97 Å². The van der Waals surface area contributed by atoms with Crippen LogP contribution in [0, 0.1) is 0 Å². The molecule has 0 radical (unpaired) electrons. The van der Waals surface area contributed by atoms with Gasteiger partial charge in [-0.3, -0.25) is 0 Å². The van der Waals surface area contributed by atoms with Crippen molar-refractivity contribution in [3.05, 3.63) is 12.2 Å². The Morgan fingerprint density at radius 1 is 0.783 bits per heavy atom. The van der Waals surface area contributed by atoms with E-state index in [1.54, 1.807) is 6.08 Å². The van der Waals surface area contributed by atoms with Gasteiger partial charge in [0.25, 0.3) is 0 Å². The Bertz CT molecular complexity index is 283. The minimum atomic E-state index is -0.399. The van der Waals surface area contributed by atoms with Crippen molar-refractivity contribution in [3.63, 3.8) is 0 Å². The lowest BCUT2D eigenvalue weighted by atomic mass is 10.5. The smallest absolute Gasteiger partial charge is 0.330 e. The van der Waals surface area contributed by atoms with Crippen molar-refractivity contribution in [2.75, 3.05) is 79.8 Å². The van der Waals surface area contributed by atoms with Crippen molar-refractivity contribution < 1.29 is 38.3 Å². The highest BCUT2D eigenvalue weighted by Gasteiger charge is 1.93. The maximum Gasteiger partial charge on any atom is 0.330 e. The maximum atomic E-state index is 10.7. The normalized spacial score (nSPS) is 11.2. The Kier molecular flexibility index (Phi) is 18.2. The zero-order valence-corrected chi connectivity index (χ0v) is 13.7. The third kappa shape index (κ3) is 18.9. The average molecular weight is 336 g/mol. The monoisotopic (exact) mass is 336 g/mol. The predicted octanol–water partition coefficient (Wildman–Crippen LogP) is -0.209. The largest absolute Gasteiger partial charge is 0.466 e. The van der Waals surface area contributed by atoms with Crippen molar-refractivity contribution in [1.82, 2.24) is 0 Å². The number of hydrogen-bond acceptors (Lipinski definition) is 8. The Morgan fingerprint density at radius 3 is 1.65 bits per heavy atom. The Balaban J connectivity index is 3.05. The first-order valence-corrected chi connectivity index (χ1v) is 7.55. The van der Waals surface area contributed by atoms with Crippen LogP contribution in [-0.2, 0) is 33.2 Å². The van der Waals surface area contributed by atoms with Gasteiger partial charge in [0, 0.05) is 6.08 Å². The molecule has 0 saturated carbocycles. The number of aliphatic hydroxyl groups excluding tert-OH is 1. The molecule has 0 aliphatic rings. The lowest BCUT2D eigenvalue weighted by Crippen LogP contribution is -2.13. The van der Waals surface area contributed by atoms with Gasteiger partial charge in [-0.25, -0.2) is 4.79 Å². The highest BCUT2D eigenvalue weighted by Crippen LogP contribution is 1.85. The van der Waals surface area contributed by atoms with Crippen LogP contribution < -0.4 is 0 Å². The first kappa shape index (κ1) is 22.0. The molecule has 0 saturated heterocycles. The molecule has 0 fully saturated rings. The summed E-state index contributed by atoms with van der Waals surface area (Å²) in [6, 6.07) is 0. The lowest BCUT2D eigenvalue weighted by molar-refractivity contribution is -0.134. The van der Waals surface area contributed by atoms with Gasteiger partial charge < -0.3 is 33.5 Å². The highest BCUT2D eigenvalue weighted by atomic mass is 16.6. The van der Waals surface area contributed by atoms with Crippen molar-refractivity contribution in [3.8, 4) is 0 Å². The third-order valence-corrected chi connectivity index (χ3v) is 2.39. The van der Waals surface area contributed by atoms with Gasteiger partial charge in [0.2, 0.25) is 0 Å². The first-order chi connectivity index (χ1) is 11.3. The maximum absolute atomic E-state index is 10.7. The Morgan fingerprint density at radius 2 is 1.22 bits per heavy atom. The van der Waals surface area contributed by atoms with Gasteiger partial charge in [0.05, 0.1) is 79.8 Å². The number of rotatable bonds is 17. The zero-order chi connectivity index (χ0) is 17.0. The van der Waals surface area contributed by atoms with E-state index in [4.69, 9.17) is 28.8 Å². The van der Waals surface area contributed by atoms with Crippen LogP contribution in [-0.4, -0.2) is 90.9 Å². The van der Waals surface area contributed by atoms with Gasteiger partial charge in [-0.05, 0) is 0 Å². The molecule has 136 valence electrons. The minimum absolute atomic E-state index is 0.0261. The number of carbonyl (C=O) groups excluding carboxylic acids is 1. The van der Waals surface area contributed by atoms with Crippen LogP contribution in [0.25, 0.3) is 0 Å². The summed E-state index contributed by atoms with van der Waals surface area (Å²) in [5.41, 5.74) is 0. The van der Waals surface area contributed by atoms with E-state index >= 15 is 0 Å². The van der Waals surface area contributed by atoms with Crippen LogP contribution in [0.3, 0.4) is 0 Å². The van der Waals surface area contributed by atoms with Crippen LogP contribution in [0.5, 0.6) is 0 Å². The van der Waals surface area contributed by atoms with E-state index in [1.807, 2.05) is 0 Å². The first-order valence-electron chi connectivity index (χ1n) is 7.55. The molecular weight excluding hydrogens is 308 g/mol. The van der Waals surface area contributed by atoms with E-state index in [0.29, 0.717) is 66.1 Å². The molecule has 0 rings (SSSR count). The summed E-state index contributed by atoms with van der Waals surface area (Å²) in [6.07, 6.45) is 2.90. The highest BCUT2D eigenvalue weighted by molar-refractivity contribution is 5.81. The van der Waals surface area contributed by atoms with Gasteiger partial charge in [-0.15, -0.1) is 0 Å². The van der Waals surface area contributed by atoms with Gasteiger partial charge in [0.1, 0.15) is 0 Å². The van der Waals surface area contributed by atoms with Crippen LogP contribution in [0.2, 0.25) is 0 Å². The van der Waals surface area contributed by atoms with E-state index < -0.39 is 5.97 Å². The number of hydrogen-bond donors (Lipinski definition) is 1. The second-order valence-electron chi connectivity index (χ2n) is 4.17. The van der Waals surface area contributed by atoms with Crippen molar-refractivity contribution in [1.29, 1.82) is 0 Å². The summed E-state index contributed by atoms with van der Waals surface area (Å²) >= 11 is 0. The predicted molar refractivity (Wildman–Crippen MR) is 82.3 cm³/mol. The molecule has 0 heterocycles. The summed E-state index contributed by atoms with van der Waals surface area (Å²) < 4.78 is 30.6. The molecule has 23 heavy (non-hydrogen) atoms. The fourth-order valence-electron chi connectivity index (χ4n) is 1.31. The zero-order valence-electron chi connectivity index (χ0n) is 13.7. The molecule has 0 unspecified atom stereocenters. The second kappa shape index (κ2) is 19.0. The van der Waals surface area contributed by atoms with Gasteiger partial charge in [-0.2, -0.15) is 0 Å². The number of aliphatic hydroxyl groups is 1. The van der Waals surface area contributed by atoms with Crippen LogP contribution in [0.4, 0.5) is 0 Å². The average Bonchev–Trinajstić information content (AvgIpc) is 2.57. The number of esters is 1. The SMILES string of the molecule is COC(=O)/C=C/COCCOCCOCCOCCOCCO. The Labute approximate surface area is 137 Å². The molecule has 0 aromatic heterocycles. The topological polar surface area (TPSA) is 92.7 Å². The van der Waals surface area contributed by atoms with Gasteiger partial charge >= 0.3 is 5.97 Å². The second-order valence-corrected chi connectivity index (χ2v) is 4.17. The molecule has 0 aromatic rings. The van der Waals surface area contributed by atoms with E-state index in [0.717, 1.165) is 0 Å². The quantitative estimate of drug-likeness (QED) is 0.222. The Hall–Kier alpha value is -1.03. The van der Waals surface area contributed by atoms with Crippen LogP contribution >= 0.6 is 0 Å². The summed E-state index contributed by atoms with van der Waals surface area (Å²) in [5.74, 6) is -0.399. The van der Waals surface area contributed by atoms with Crippen molar-refractivity contribution in [2.45, 2.75) is 0 Å². The molecule has 1 N–H and O–H groups in total. The summed E-state index contributed by atoms with van der Waals surface area (Å²) in [5, 5.41) is 8.49. The number of ether oxygens (including phenoxy) is 6. The summed E-state index contributed by atoms with van der Waals surface area (Å²) in [7, 11) is 1.32. The van der Waals surface area contributed by atoms with Crippen molar-refractivity contribution in [2.24, 2.45) is 0 Å². The number of methoxy groups -OCH3 is 1. The van der Waals surface area contributed by atoms with E-state index in [2.05, 4.69) is 4.74 Å². The van der Waals surface area contributed by atoms with Gasteiger partial charge in [0.15, 0.2) is 0 Å². The van der Waals surface area contributed by atoms with Crippen LogP contribution in [0.1, 0.15) is 0 Å². The molecule has 8 heteroatoms. The molecule has 0 bridgehead atoms. The van der Waals surface area contributed by atoms with Crippen LogP contribution in [0.15, 0.2) is 12.2 Å². The van der Waals surface area contributed by atoms with E-state index in [-0.39, 0.29) is 6.61 Å². The standard InChI is InChI=1S/C15H28O8/c1-18-15(17)3-2-5-19-7-9-21-11-13-23-14-12-22-10-8-20-6-4-16/h2-3,16H,4-14H2,1H3/b3-2+. The molecule has 8 nitrogen and oxygen atoms in total. The van der Waals surface area contributed by atoms with E-state index in [9.17, 15) is 4.79 Å². The molecule has 0 amide bonds. The van der Waals surface area contributed by atoms with Gasteiger partial charge in [-0.1, -0.05) is 6.08 Å². The molecule has 0 aliphatic heterocycles. The molecule has 0 spiro atoms. The fraction of sp³-hybridized carbons (Fsp3) is 0.800. The summed E-state index contributed by atoms with van der Waals surface area (Å²) in [4.78, 5) is 10.7. The van der Waals surface area contributed by atoms with E-state index in [1.165, 1.54) is 13.2 Å².